The van der Waals surface area contributed by atoms with Crippen LogP contribution in [0.15, 0.2) is 15.9 Å². The normalized spacial score (nSPS) is 12.4. The lowest BCUT2D eigenvalue weighted by atomic mass is 10.3. The summed E-state index contributed by atoms with van der Waals surface area (Å²) in [5.74, 6) is 0. The third kappa shape index (κ3) is 2.59. The van der Waals surface area contributed by atoms with Crippen LogP contribution in [0.4, 0.5) is 0 Å². The quantitative estimate of drug-likeness (QED) is 0.888. The van der Waals surface area contributed by atoms with Crippen LogP contribution in [0.3, 0.4) is 0 Å². The third-order valence-electron chi connectivity index (χ3n) is 1.45. The van der Waals surface area contributed by atoms with Gasteiger partial charge in [-0.25, -0.2) is 0 Å². The van der Waals surface area contributed by atoms with Gasteiger partial charge in [0.1, 0.15) is 0 Å². The van der Waals surface area contributed by atoms with Crippen LogP contribution in [0.1, 0.15) is 11.8 Å². The van der Waals surface area contributed by atoms with Crippen molar-refractivity contribution in [3.8, 4) is 6.07 Å². The van der Waals surface area contributed by atoms with Crippen molar-refractivity contribution < 1.29 is 0 Å². The second kappa shape index (κ2) is 4.61. The fraction of sp³-hybridized carbons (Fsp3) is 0.375. The summed E-state index contributed by atoms with van der Waals surface area (Å²) in [6, 6.07) is 4.05. The highest BCUT2D eigenvalue weighted by Gasteiger charge is 2.02. The van der Waals surface area contributed by atoms with E-state index < -0.39 is 0 Å². The van der Waals surface area contributed by atoms with Crippen LogP contribution < -0.4 is 5.32 Å². The molecule has 1 aromatic rings. The molecule has 4 heteroatoms. The van der Waals surface area contributed by atoms with Crippen LogP contribution in [-0.2, 0) is 6.54 Å². The van der Waals surface area contributed by atoms with Gasteiger partial charge in [-0.3, -0.25) is 5.32 Å². The van der Waals surface area contributed by atoms with Crippen LogP contribution in [0.2, 0.25) is 0 Å². The second-order valence-electron chi connectivity index (χ2n) is 2.42. The molecule has 0 radical (unpaired) electrons. The zero-order valence-corrected chi connectivity index (χ0v) is 9.08. The Morgan fingerprint density at radius 2 is 2.58 bits per heavy atom. The molecular formula is C8H9BrN2S. The topological polar surface area (TPSA) is 35.8 Å². The highest BCUT2D eigenvalue weighted by atomic mass is 79.9. The van der Waals surface area contributed by atoms with Gasteiger partial charge >= 0.3 is 0 Å². The van der Waals surface area contributed by atoms with Crippen molar-refractivity contribution in [3.05, 3.63) is 20.8 Å². The van der Waals surface area contributed by atoms with E-state index in [2.05, 4.69) is 27.3 Å². The Bertz CT molecular complexity index is 289. The number of hydrogen-bond donors (Lipinski definition) is 1. The van der Waals surface area contributed by atoms with E-state index in [4.69, 9.17) is 5.26 Å². The van der Waals surface area contributed by atoms with Crippen molar-refractivity contribution in [2.45, 2.75) is 19.5 Å². The van der Waals surface area contributed by atoms with Gasteiger partial charge in [0.05, 0.1) is 12.1 Å². The van der Waals surface area contributed by atoms with Gasteiger partial charge in [0.25, 0.3) is 0 Å². The maximum atomic E-state index is 8.51. The highest BCUT2D eigenvalue weighted by molar-refractivity contribution is 9.10. The molecule has 0 saturated carbocycles. The van der Waals surface area contributed by atoms with Crippen molar-refractivity contribution in [1.29, 1.82) is 5.26 Å². The molecule has 0 fully saturated rings. The van der Waals surface area contributed by atoms with Crippen molar-refractivity contribution >= 4 is 27.3 Å². The lowest BCUT2D eigenvalue weighted by molar-refractivity contribution is 0.647. The Balaban J connectivity index is 2.44. The van der Waals surface area contributed by atoms with Crippen molar-refractivity contribution in [1.82, 2.24) is 5.32 Å². The fourth-order valence-corrected chi connectivity index (χ4v) is 2.19. The summed E-state index contributed by atoms with van der Waals surface area (Å²) in [6.07, 6.45) is 0. The molecule has 0 aliphatic heterocycles. The molecule has 0 saturated heterocycles. The van der Waals surface area contributed by atoms with E-state index in [9.17, 15) is 0 Å². The first-order valence-electron chi connectivity index (χ1n) is 3.59. The molecule has 1 atom stereocenters. The van der Waals surface area contributed by atoms with E-state index in [0.717, 1.165) is 11.0 Å². The van der Waals surface area contributed by atoms with E-state index in [1.807, 2.05) is 18.4 Å². The van der Waals surface area contributed by atoms with E-state index in [0.29, 0.717) is 0 Å². The minimum absolute atomic E-state index is 0.0843. The molecule has 0 aliphatic rings. The Morgan fingerprint density at radius 1 is 1.83 bits per heavy atom. The summed E-state index contributed by atoms with van der Waals surface area (Å²) in [6.45, 7) is 2.61. The molecule has 1 heterocycles. The van der Waals surface area contributed by atoms with Crippen LogP contribution in [0.25, 0.3) is 0 Å². The molecule has 1 rings (SSSR count). The van der Waals surface area contributed by atoms with Gasteiger partial charge in [0.15, 0.2) is 0 Å². The standard InChI is InChI=1S/C8H9BrN2S/c1-6(4-10)11-5-8-7(9)2-3-12-8/h2-3,6,11H,5H2,1H3. The van der Waals surface area contributed by atoms with Crippen LogP contribution in [0.5, 0.6) is 0 Å². The molecule has 12 heavy (non-hydrogen) atoms. The van der Waals surface area contributed by atoms with Gasteiger partial charge in [-0.15, -0.1) is 11.3 Å². The Hall–Kier alpha value is -0.370. The van der Waals surface area contributed by atoms with Gasteiger partial charge < -0.3 is 0 Å². The molecular weight excluding hydrogens is 236 g/mol. The molecule has 0 spiro atoms. The third-order valence-corrected chi connectivity index (χ3v) is 3.38. The molecule has 2 nitrogen and oxygen atoms in total. The summed E-state index contributed by atoms with van der Waals surface area (Å²) in [7, 11) is 0. The SMILES string of the molecule is CC(C#N)NCc1sccc1Br. The smallest absolute Gasteiger partial charge is 0.0927 e. The summed E-state index contributed by atoms with van der Waals surface area (Å²) >= 11 is 5.11. The lowest BCUT2D eigenvalue weighted by Crippen LogP contribution is -2.23. The minimum Gasteiger partial charge on any atom is -0.297 e. The van der Waals surface area contributed by atoms with Gasteiger partial charge in [-0.1, -0.05) is 0 Å². The summed E-state index contributed by atoms with van der Waals surface area (Å²) in [4.78, 5) is 1.23. The van der Waals surface area contributed by atoms with E-state index in [1.54, 1.807) is 11.3 Å². The number of thiophene rings is 1. The van der Waals surface area contributed by atoms with E-state index in [1.165, 1.54) is 4.88 Å². The number of nitrogens with zero attached hydrogens (tertiary/aromatic N) is 1. The highest BCUT2D eigenvalue weighted by Crippen LogP contribution is 2.22. The summed E-state index contributed by atoms with van der Waals surface area (Å²) in [5.41, 5.74) is 0. The molecule has 1 N–H and O–H groups in total. The number of halogens is 1. The van der Waals surface area contributed by atoms with Gasteiger partial charge in [0.2, 0.25) is 0 Å². The first kappa shape index (κ1) is 9.72. The van der Waals surface area contributed by atoms with Crippen LogP contribution in [0, 0.1) is 11.3 Å². The largest absolute Gasteiger partial charge is 0.297 e. The predicted octanol–water partition coefficient (Wildman–Crippen LogP) is 2.51. The van der Waals surface area contributed by atoms with Crippen molar-refractivity contribution in [2.75, 3.05) is 0 Å². The molecule has 1 unspecified atom stereocenters. The molecule has 0 amide bonds. The molecule has 0 aliphatic carbocycles. The zero-order valence-electron chi connectivity index (χ0n) is 6.67. The van der Waals surface area contributed by atoms with Crippen molar-refractivity contribution in [3.63, 3.8) is 0 Å². The minimum atomic E-state index is -0.0843. The number of nitriles is 1. The average Bonchev–Trinajstić information content (AvgIpc) is 2.47. The molecule has 64 valence electrons. The first-order valence-corrected chi connectivity index (χ1v) is 5.26. The number of hydrogen-bond acceptors (Lipinski definition) is 3. The average molecular weight is 245 g/mol. The Kier molecular flexibility index (Phi) is 3.73. The second-order valence-corrected chi connectivity index (χ2v) is 4.28. The molecule has 1 aromatic heterocycles. The van der Waals surface area contributed by atoms with E-state index in [-0.39, 0.29) is 6.04 Å². The zero-order chi connectivity index (χ0) is 8.97. The molecule has 0 bridgehead atoms. The predicted molar refractivity (Wildman–Crippen MR) is 53.9 cm³/mol. The number of rotatable bonds is 3. The van der Waals surface area contributed by atoms with E-state index >= 15 is 0 Å². The molecule has 0 aromatic carbocycles. The summed E-state index contributed by atoms with van der Waals surface area (Å²) < 4.78 is 1.12. The Labute approximate surface area is 84.3 Å². The lowest BCUT2D eigenvalue weighted by Gasteiger charge is -2.03. The Morgan fingerprint density at radius 3 is 3.08 bits per heavy atom. The van der Waals surface area contributed by atoms with Gasteiger partial charge in [0, 0.05) is 15.9 Å². The monoisotopic (exact) mass is 244 g/mol. The fourth-order valence-electron chi connectivity index (χ4n) is 0.743. The first-order chi connectivity index (χ1) is 5.74. The maximum Gasteiger partial charge on any atom is 0.0927 e. The maximum absolute atomic E-state index is 8.51. The van der Waals surface area contributed by atoms with Gasteiger partial charge in [-0.05, 0) is 34.3 Å². The number of nitrogens with one attached hydrogen (secondary N) is 1. The van der Waals surface area contributed by atoms with Crippen molar-refractivity contribution in [2.24, 2.45) is 0 Å². The van der Waals surface area contributed by atoms with Crippen LogP contribution >= 0.6 is 27.3 Å². The van der Waals surface area contributed by atoms with Gasteiger partial charge in [-0.2, -0.15) is 5.26 Å². The summed E-state index contributed by atoms with van der Waals surface area (Å²) in [5, 5.41) is 13.6. The van der Waals surface area contributed by atoms with Crippen LogP contribution in [-0.4, -0.2) is 6.04 Å².